The second kappa shape index (κ2) is 4.93. The summed E-state index contributed by atoms with van der Waals surface area (Å²) in [7, 11) is 1.64. The summed E-state index contributed by atoms with van der Waals surface area (Å²) in [4.78, 5) is 10.8. The largest absolute Gasteiger partial charge is 0.496 e. The van der Waals surface area contributed by atoms with Gasteiger partial charge in [-0.25, -0.2) is 0 Å². The monoisotopic (exact) mass is 170 g/mol. The van der Waals surface area contributed by atoms with Crippen LogP contribution in [0.4, 0.5) is 0 Å². The minimum atomic E-state index is 0.300. The molecule has 0 spiro atoms. The van der Waals surface area contributed by atoms with Crippen LogP contribution in [-0.4, -0.2) is 26.1 Å². The molecule has 0 atom stereocenters. The van der Waals surface area contributed by atoms with Crippen LogP contribution in [0.3, 0.4) is 0 Å². The Kier molecular flexibility index (Phi) is 3.80. The van der Waals surface area contributed by atoms with E-state index in [9.17, 15) is 4.79 Å². The molecule has 0 saturated carbocycles. The molecular weight excluding hydrogens is 156 g/mol. The van der Waals surface area contributed by atoms with Gasteiger partial charge in [-0.1, -0.05) is 0 Å². The quantitative estimate of drug-likeness (QED) is 0.596. The Morgan fingerprint density at radius 2 is 2.25 bits per heavy atom. The average Bonchev–Trinajstić information content (AvgIpc) is 2.09. The van der Waals surface area contributed by atoms with Crippen molar-refractivity contribution in [3.05, 3.63) is 11.8 Å². The molecule has 0 saturated heterocycles. The predicted octanol–water partition coefficient (Wildman–Crippen LogP) is 1.29. The van der Waals surface area contributed by atoms with E-state index in [1.165, 1.54) is 0 Å². The highest BCUT2D eigenvalue weighted by Crippen LogP contribution is 2.15. The van der Waals surface area contributed by atoms with Crippen LogP contribution in [-0.2, 0) is 14.3 Å². The molecular formula is C9H14O3. The minimum Gasteiger partial charge on any atom is -0.496 e. The van der Waals surface area contributed by atoms with E-state index in [1.807, 2.05) is 6.08 Å². The molecule has 68 valence electrons. The van der Waals surface area contributed by atoms with Gasteiger partial charge in [0, 0.05) is 26.4 Å². The van der Waals surface area contributed by atoms with Crippen LogP contribution >= 0.6 is 0 Å². The second-order valence-electron chi connectivity index (χ2n) is 2.75. The van der Waals surface area contributed by atoms with Gasteiger partial charge in [0.1, 0.15) is 12.4 Å². The number of allylic oxidation sites excluding steroid dienone is 2. The summed E-state index contributed by atoms with van der Waals surface area (Å²) >= 11 is 0. The van der Waals surface area contributed by atoms with E-state index in [1.54, 1.807) is 7.11 Å². The number of Topliss-reactive ketones (excluding diaryl/α,β-unsaturated/α-hetero) is 1. The maximum Gasteiger partial charge on any atom is 0.137 e. The summed E-state index contributed by atoms with van der Waals surface area (Å²) in [5, 5.41) is 0. The van der Waals surface area contributed by atoms with Gasteiger partial charge in [0.05, 0.1) is 12.4 Å². The van der Waals surface area contributed by atoms with Crippen molar-refractivity contribution in [2.45, 2.75) is 19.3 Å². The zero-order valence-electron chi connectivity index (χ0n) is 7.34. The molecule has 0 aliphatic heterocycles. The van der Waals surface area contributed by atoms with Crippen molar-refractivity contribution < 1.29 is 14.3 Å². The third-order valence-corrected chi connectivity index (χ3v) is 1.78. The van der Waals surface area contributed by atoms with E-state index in [-0.39, 0.29) is 0 Å². The third kappa shape index (κ3) is 3.05. The maximum atomic E-state index is 10.8. The van der Waals surface area contributed by atoms with Crippen molar-refractivity contribution in [1.29, 1.82) is 0 Å². The summed E-state index contributed by atoms with van der Waals surface area (Å²) in [5.74, 6) is 1.24. The van der Waals surface area contributed by atoms with Gasteiger partial charge in [-0.2, -0.15) is 0 Å². The molecule has 1 aliphatic carbocycles. The van der Waals surface area contributed by atoms with Crippen LogP contribution in [0.2, 0.25) is 0 Å². The number of hydrogen-bond donors (Lipinski definition) is 0. The van der Waals surface area contributed by atoms with E-state index >= 15 is 0 Å². The standard InChI is InChI=1S/C9H14O3/c1-11-6-7-12-9-4-2-8(10)3-5-9/h4H,2-3,5-7H2,1H3. The fourth-order valence-electron chi connectivity index (χ4n) is 1.08. The molecule has 0 aromatic heterocycles. The molecule has 0 radical (unpaired) electrons. The molecule has 3 nitrogen and oxygen atoms in total. The van der Waals surface area contributed by atoms with Crippen molar-refractivity contribution in [3.63, 3.8) is 0 Å². The zero-order chi connectivity index (χ0) is 8.81. The van der Waals surface area contributed by atoms with E-state index < -0.39 is 0 Å². The molecule has 12 heavy (non-hydrogen) atoms. The Bertz CT molecular complexity index is 184. The molecule has 0 bridgehead atoms. The number of methoxy groups -OCH3 is 1. The minimum absolute atomic E-state index is 0.300. The van der Waals surface area contributed by atoms with Crippen LogP contribution in [0.25, 0.3) is 0 Å². The lowest BCUT2D eigenvalue weighted by Gasteiger charge is -2.13. The van der Waals surface area contributed by atoms with Crippen molar-refractivity contribution >= 4 is 5.78 Å². The van der Waals surface area contributed by atoms with Crippen LogP contribution in [0.1, 0.15) is 19.3 Å². The lowest BCUT2D eigenvalue weighted by Crippen LogP contribution is -2.08. The molecule has 1 rings (SSSR count). The molecule has 0 aromatic carbocycles. The first-order valence-corrected chi connectivity index (χ1v) is 4.15. The van der Waals surface area contributed by atoms with E-state index in [2.05, 4.69) is 0 Å². The van der Waals surface area contributed by atoms with E-state index in [4.69, 9.17) is 9.47 Å². The van der Waals surface area contributed by atoms with Crippen molar-refractivity contribution in [2.24, 2.45) is 0 Å². The maximum absolute atomic E-state index is 10.8. The number of carbonyl (C=O) groups excluding carboxylic acids is 1. The Morgan fingerprint density at radius 3 is 2.83 bits per heavy atom. The first-order valence-electron chi connectivity index (χ1n) is 4.15. The van der Waals surface area contributed by atoms with E-state index in [0.29, 0.717) is 31.8 Å². The highest BCUT2D eigenvalue weighted by Gasteiger charge is 2.10. The fraction of sp³-hybridized carbons (Fsp3) is 0.667. The van der Waals surface area contributed by atoms with Gasteiger partial charge in [-0.05, 0) is 6.08 Å². The molecule has 0 aromatic rings. The van der Waals surface area contributed by atoms with Gasteiger partial charge in [-0.15, -0.1) is 0 Å². The molecule has 3 heteroatoms. The molecule has 0 N–H and O–H groups in total. The molecule has 0 amide bonds. The Morgan fingerprint density at radius 1 is 1.42 bits per heavy atom. The van der Waals surface area contributed by atoms with Crippen LogP contribution in [0.15, 0.2) is 11.8 Å². The van der Waals surface area contributed by atoms with Crippen molar-refractivity contribution in [3.8, 4) is 0 Å². The van der Waals surface area contributed by atoms with Gasteiger partial charge in [0.2, 0.25) is 0 Å². The normalized spacial score (nSPS) is 17.4. The molecule has 0 unspecified atom stereocenters. The van der Waals surface area contributed by atoms with Gasteiger partial charge in [-0.3, -0.25) is 4.79 Å². The van der Waals surface area contributed by atoms with Gasteiger partial charge in [0.25, 0.3) is 0 Å². The number of rotatable bonds is 4. The van der Waals surface area contributed by atoms with E-state index in [0.717, 1.165) is 12.2 Å². The number of carbonyl (C=O) groups is 1. The SMILES string of the molecule is COCCOC1=CCC(=O)CC1. The fourth-order valence-corrected chi connectivity index (χ4v) is 1.08. The smallest absolute Gasteiger partial charge is 0.137 e. The predicted molar refractivity (Wildman–Crippen MR) is 44.8 cm³/mol. The van der Waals surface area contributed by atoms with Crippen molar-refractivity contribution in [1.82, 2.24) is 0 Å². The van der Waals surface area contributed by atoms with Crippen LogP contribution in [0, 0.1) is 0 Å². The summed E-state index contributed by atoms with van der Waals surface area (Å²) in [5.41, 5.74) is 0. The summed E-state index contributed by atoms with van der Waals surface area (Å²) in [6.45, 7) is 1.18. The number of ether oxygens (including phenoxy) is 2. The molecule has 1 aliphatic rings. The molecule has 0 fully saturated rings. The highest BCUT2D eigenvalue weighted by molar-refractivity contribution is 5.81. The average molecular weight is 170 g/mol. The third-order valence-electron chi connectivity index (χ3n) is 1.78. The Labute approximate surface area is 72.4 Å². The van der Waals surface area contributed by atoms with Crippen molar-refractivity contribution in [2.75, 3.05) is 20.3 Å². The summed E-state index contributed by atoms with van der Waals surface area (Å²) < 4.78 is 10.2. The second-order valence-corrected chi connectivity index (χ2v) is 2.75. The Hall–Kier alpha value is -0.830. The topological polar surface area (TPSA) is 35.5 Å². The van der Waals surface area contributed by atoms with Crippen LogP contribution < -0.4 is 0 Å². The zero-order valence-corrected chi connectivity index (χ0v) is 7.34. The van der Waals surface area contributed by atoms with Gasteiger partial charge < -0.3 is 9.47 Å². The molecule has 0 heterocycles. The first-order chi connectivity index (χ1) is 5.83. The lowest BCUT2D eigenvalue weighted by atomic mass is 10.1. The lowest BCUT2D eigenvalue weighted by molar-refractivity contribution is -0.118. The highest BCUT2D eigenvalue weighted by atomic mass is 16.5. The summed E-state index contributed by atoms with van der Waals surface area (Å²) in [6.07, 6.45) is 3.77. The Balaban J connectivity index is 2.19. The van der Waals surface area contributed by atoms with Gasteiger partial charge in [0.15, 0.2) is 0 Å². The number of hydrogen-bond acceptors (Lipinski definition) is 3. The summed E-state index contributed by atoms with van der Waals surface area (Å²) in [6, 6.07) is 0. The first kappa shape index (κ1) is 9.26. The van der Waals surface area contributed by atoms with Gasteiger partial charge >= 0.3 is 0 Å². The van der Waals surface area contributed by atoms with Crippen LogP contribution in [0.5, 0.6) is 0 Å². The number of ketones is 1.